The van der Waals surface area contributed by atoms with Crippen LogP contribution in [0, 0.1) is 0 Å². The number of aryl methyl sites for hydroxylation is 3. The molecular formula is C13H20N4. The molecule has 0 bridgehead atoms. The summed E-state index contributed by atoms with van der Waals surface area (Å²) in [6.45, 7) is 0. The Morgan fingerprint density at radius 1 is 1.06 bits per heavy atom. The predicted molar refractivity (Wildman–Crippen MR) is 67.7 cm³/mol. The molecule has 1 fully saturated rings. The van der Waals surface area contributed by atoms with Gasteiger partial charge in [-0.05, 0) is 55.2 Å². The zero-order valence-corrected chi connectivity index (χ0v) is 10.1. The van der Waals surface area contributed by atoms with Gasteiger partial charge in [0.05, 0.1) is 6.17 Å². The number of hydrogen-bond acceptors (Lipinski definition) is 4. The molecule has 1 heterocycles. The largest absolute Gasteiger partial charge is 0.225 e. The molecule has 17 heavy (non-hydrogen) atoms. The van der Waals surface area contributed by atoms with Crippen LogP contribution in [0.2, 0.25) is 0 Å². The molecule has 0 aromatic heterocycles. The molecule has 0 unspecified atom stereocenters. The molecule has 4 heteroatoms. The SMILES string of the molecule is c1cc2c(cc1CCCC1NNNN1)CCC2. The number of hydrogen-bond donors (Lipinski definition) is 4. The first-order valence-corrected chi connectivity index (χ1v) is 6.53. The van der Waals surface area contributed by atoms with Crippen LogP contribution in [0.1, 0.15) is 36.0 Å². The summed E-state index contributed by atoms with van der Waals surface area (Å²) in [4.78, 5) is 0. The molecule has 2 aliphatic rings. The topological polar surface area (TPSA) is 48.1 Å². The second kappa shape index (κ2) is 5.14. The van der Waals surface area contributed by atoms with E-state index in [0.717, 1.165) is 6.42 Å². The van der Waals surface area contributed by atoms with Crippen molar-refractivity contribution in [3.8, 4) is 0 Å². The molecule has 1 aliphatic heterocycles. The normalized spacial score (nSPS) is 19.8. The fourth-order valence-electron chi connectivity index (χ4n) is 2.72. The molecule has 0 radical (unpaired) electrons. The van der Waals surface area contributed by atoms with Crippen LogP contribution in [0.25, 0.3) is 0 Å². The van der Waals surface area contributed by atoms with Gasteiger partial charge < -0.3 is 0 Å². The summed E-state index contributed by atoms with van der Waals surface area (Å²) in [6, 6.07) is 7.04. The number of rotatable bonds is 4. The molecule has 0 amide bonds. The van der Waals surface area contributed by atoms with Gasteiger partial charge in [-0.1, -0.05) is 18.2 Å². The highest BCUT2D eigenvalue weighted by Crippen LogP contribution is 2.23. The van der Waals surface area contributed by atoms with E-state index in [0.29, 0.717) is 6.17 Å². The maximum atomic E-state index is 3.11. The number of hydrazine groups is 3. The molecule has 1 saturated heterocycles. The summed E-state index contributed by atoms with van der Waals surface area (Å²) in [5, 5.41) is 0. The van der Waals surface area contributed by atoms with E-state index in [-0.39, 0.29) is 0 Å². The van der Waals surface area contributed by atoms with Crippen molar-refractivity contribution in [1.82, 2.24) is 21.9 Å². The summed E-state index contributed by atoms with van der Waals surface area (Å²) < 4.78 is 0. The van der Waals surface area contributed by atoms with Gasteiger partial charge in [-0.2, -0.15) is 11.1 Å². The van der Waals surface area contributed by atoms with Crippen molar-refractivity contribution < 1.29 is 0 Å². The summed E-state index contributed by atoms with van der Waals surface area (Å²) in [7, 11) is 0. The summed E-state index contributed by atoms with van der Waals surface area (Å²) in [6.07, 6.45) is 7.73. The van der Waals surface area contributed by atoms with Gasteiger partial charge in [0.2, 0.25) is 0 Å². The van der Waals surface area contributed by atoms with E-state index in [2.05, 4.69) is 40.1 Å². The summed E-state index contributed by atoms with van der Waals surface area (Å²) >= 11 is 0. The third-order valence-corrected chi connectivity index (χ3v) is 3.68. The molecule has 0 spiro atoms. The van der Waals surface area contributed by atoms with Gasteiger partial charge in [0.25, 0.3) is 0 Å². The lowest BCUT2D eigenvalue weighted by Gasteiger charge is -2.09. The molecule has 3 rings (SSSR count). The first kappa shape index (κ1) is 11.2. The monoisotopic (exact) mass is 232 g/mol. The molecule has 4 nitrogen and oxygen atoms in total. The zero-order valence-electron chi connectivity index (χ0n) is 10.1. The van der Waals surface area contributed by atoms with Crippen LogP contribution in [0.5, 0.6) is 0 Å². The Hall–Kier alpha value is -0.940. The minimum Gasteiger partial charge on any atom is -0.225 e. The minimum absolute atomic E-state index is 0.337. The molecule has 1 aromatic rings. The van der Waals surface area contributed by atoms with Crippen molar-refractivity contribution in [2.24, 2.45) is 0 Å². The fraction of sp³-hybridized carbons (Fsp3) is 0.538. The second-order valence-electron chi connectivity index (χ2n) is 4.94. The van der Waals surface area contributed by atoms with Gasteiger partial charge in [0, 0.05) is 0 Å². The number of nitrogens with one attached hydrogen (secondary N) is 4. The third-order valence-electron chi connectivity index (χ3n) is 3.68. The summed E-state index contributed by atoms with van der Waals surface area (Å²) in [5.41, 5.74) is 16.6. The van der Waals surface area contributed by atoms with Gasteiger partial charge in [0.1, 0.15) is 0 Å². The highest BCUT2D eigenvalue weighted by Gasteiger charge is 2.13. The van der Waals surface area contributed by atoms with Crippen LogP contribution in [-0.4, -0.2) is 6.17 Å². The molecule has 4 N–H and O–H groups in total. The van der Waals surface area contributed by atoms with Crippen LogP contribution in [-0.2, 0) is 19.3 Å². The minimum atomic E-state index is 0.337. The van der Waals surface area contributed by atoms with Crippen LogP contribution in [0.4, 0.5) is 0 Å². The standard InChI is InChI=1S/C13H20N4/c1(6-13-14-16-17-15-13)3-10-7-8-11-4-2-5-12(11)9-10/h7-9,13-17H,1-6H2. The maximum Gasteiger partial charge on any atom is 0.0859 e. The van der Waals surface area contributed by atoms with E-state index in [4.69, 9.17) is 0 Å². The van der Waals surface area contributed by atoms with Gasteiger partial charge in [-0.25, -0.2) is 10.9 Å². The fourth-order valence-corrected chi connectivity index (χ4v) is 2.72. The highest BCUT2D eigenvalue weighted by atomic mass is 15.8. The Morgan fingerprint density at radius 2 is 1.88 bits per heavy atom. The number of fused-ring (bicyclic) bond motifs is 1. The third kappa shape index (κ3) is 2.66. The van der Waals surface area contributed by atoms with Crippen LogP contribution in [0.15, 0.2) is 18.2 Å². The molecule has 92 valence electrons. The first-order valence-electron chi connectivity index (χ1n) is 6.53. The Bertz CT molecular complexity index is 385. The lowest BCUT2D eigenvalue weighted by Crippen LogP contribution is -2.33. The van der Waals surface area contributed by atoms with Crippen molar-refractivity contribution in [1.29, 1.82) is 0 Å². The Morgan fingerprint density at radius 3 is 2.76 bits per heavy atom. The van der Waals surface area contributed by atoms with Crippen molar-refractivity contribution in [3.63, 3.8) is 0 Å². The lowest BCUT2D eigenvalue weighted by molar-refractivity contribution is 0.473. The average molecular weight is 232 g/mol. The van der Waals surface area contributed by atoms with Crippen molar-refractivity contribution in [2.45, 2.75) is 44.7 Å². The smallest absolute Gasteiger partial charge is 0.0859 e. The van der Waals surface area contributed by atoms with Crippen LogP contribution in [0.3, 0.4) is 0 Å². The predicted octanol–water partition coefficient (Wildman–Crippen LogP) is 0.941. The quantitative estimate of drug-likeness (QED) is 0.624. The Labute approximate surface area is 102 Å². The second-order valence-corrected chi connectivity index (χ2v) is 4.94. The zero-order chi connectivity index (χ0) is 11.5. The van der Waals surface area contributed by atoms with Crippen LogP contribution < -0.4 is 21.9 Å². The van der Waals surface area contributed by atoms with Gasteiger partial charge >= 0.3 is 0 Å². The van der Waals surface area contributed by atoms with Gasteiger partial charge in [-0.15, -0.1) is 0 Å². The van der Waals surface area contributed by atoms with E-state index in [1.54, 1.807) is 11.1 Å². The molecule has 0 saturated carbocycles. The van der Waals surface area contributed by atoms with E-state index in [1.807, 2.05) is 0 Å². The maximum absolute atomic E-state index is 3.11. The van der Waals surface area contributed by atoms with E-state index >= 15 is 0 Å². The molecular weight excluding hydrogens is 212 g/mol. The molecule has 1 aliphatic carbocycles. The van der Waals surface area contributed by atoms with E-state index < -0.39 is 0 Å². The van der Waals surface area contributed by atoms with E-state index in [1.165, 1.54) is 37.7 Å². The lowest BCUT2D eigenvalue weighted by atomic mass is 10.0. The van der Waals surface area contributed by atoms with Crippen molar-refractivity contribution in [3.05, 3.63) is 34.9 Å². The van der Waals surface area contributed by atoms with Gasteiger partial charge in [-0.3, -0.25) is 0 Å². The molecule has 1 aromatic carbocycles. The van der Waals surface area contributed by atoms with E-state index in [9.17, 15) is 0 Å². The number of benzene rings is 1. The van der Waals surface area contributed by atoms with Crippen molar-refractivity contribution >= 4 is 0 Å². The highest BCUT2D eigenvalue weighted by molar-refractivity contribution is 5.35. The molecule has 0 atom stereocenters. The van der Waals surface area contributed by atoms with Crippen LogP contribution >= 0.6 is 0 Å². The Balaban J connectivity index is 1.51. The van der Waals surface area contributed by atoms with Crippen molar-refractivity contribution in [2.75, 3.05) is 0 Å². The Kier molecular flexibility index (Phi) is 3.38. The average Bonchev–Trinajstić information content (AvgIpc) is 2.98. The van der Waals surface area contributed by atoms with Gasteiger partial charge in [0.15, 0.2) is 0 Å². The summed E-state index contributed by atoms with van der Waals surface area (Å²) in [5.74, 6) is 0. The first-order chi connectivity index (χ1) is 8.42.